The summed E-state index contributed by atoms with van der Waals surface area (Å²) in [6, 6.07) is 6.52. The summed E-state index contributed by atoms with van der Waals surface area (Å²) in [6.07, 6.45) is 13.1. The van der Waals surface area contributed by atoms with E-state index in [1.165, 1.54) is 57.2 Å². The first kappa shape index (κ1) is 19.6. The molecule has 0 saturated heterocycles. The number of unbranched alkanes of at least 4 members (excludes halogenated alkanes) is 6. The van der Waals surface area contributed by atoms with Crippen molar-refractivity contribution in [2.75, 3.05) is 0 Å². The Kier molecular flexibility index (Phi) is 12.7. The quantitative estimate of drug-likeness (QED) is 0.519. The summed E-state index contributed by atoms with van der Waals surface area (Å²) in [5.74, 6) is -1.08. The zero-order valence-corrected chi connectivity index (χ0v) is 13.9. The molecule has 0 aliphatic carbocycles. The van der Waals surface area contributed by atoms with E-state index in [4.69, 9.17) is 9.90 Å². The molecule has 0 saturated carbocycles. The third-order valence-electron chi connectivity index (χ3n) is 3.40. The van der Waals surface area contributed by atoms with Crippen molar-refractivity contribution in [3.8, 4) is 0 Å². The number of aliphatic carboxylic acids is 1. The van der Waals surface area contributed by atoms with E-state index in [9.17, 15) is 0 Å². The second-order valence-corrected chi connectivity index (χ2v) is 5.35. The molecule has 0 radical (unpaired) electrons. The van der Waals surface area contributed by atoms with Gasteiger partial charge in [-0.3, -0.25) is 0 Å². The van der Waals surface area contributed by atoms with Crippen LogP contribution in [0.25, 0.3) is 0 Å². The van der Waals surface area contributed by atoms with Gasteiger partial charge in [0.05, 0.1) is 0 Å². The number of nitrogens with zero attached hydrogens (tertiary/aromatic N) is 1. The molecule has 120 valence electrons. The summed E-state index contributed by atoms with van der Waals surface area (Å²) >= 11 is 0. The molecule has 0 aromatic carbocycles. The van der Waals surface area contributed by atoms with Crippen LogP contribution >= 0.6 is 0 Å². The van der Waals surface area contributed by atoms with Crippen LogP contribution in [0.4, 0.5) is 0 Å². The molecule has 0 amide bonds. The number of carboxylic acid groups (broad SMARTS) is 1. The van der Waals surface area contributed by atoms with Gasteiger partial charge in [-0.2, -0.15) is 0 Å². The van der Waals surface area contributed by atoms with E-state index in [0.717, 1.165) is 13.3 Å². The van der Waals surface area contributed by atoms with Gasteiger partial charge < -0.3 is 9.90 Å². The average Bonchev–Trinajstić information content (AvgIpc) is 2.46. The van der Waals surface area contributed by atoms with E-state index >= 15 is 0 Å². The predicted molar refractivity (Wildman–Crippen MR) is 84.7 cm³/mol. The van der Waals surface area contributed by atoms with Crippen molar-refractivity contribution < 1.29 is 14.5 Å². The maximum Gasteiger partial charge on any atom is 0.181 e. The fourth-order valence-electron chi connectivity index (χ4n) is 2.29. The first-order valence-corrected chi connectivity index (χ1v) is 8.26. The molecule has 0 fully saturated rings. The van der Waals surface area contributed by atoms with Crippen molar-refractivity contribution >= 4 is 5.97 Å². The Hall–Kier alpha value is -1.38. The molecule has 3 heteroatoms. The molecular weight excluding hydrogens is 262 g/mol. The number of hydrogen-bond acceptors (Lipinski definition) is 2. The summed E-state index contributed by atoms with van der Waals surface area (Å²) in [5, 5.41) is 8.89. The van der Waals surface area contributed by atoms with Gasteiger partial charge in [0, 0.05) is 30.9 Å². The molecule has 0 aliphatic heterocycles. The Morgan fingerprint density at radius 1 is 1.05 bits per heavy atom. The Balaban J connectivity index is 0.000000885. The van der Waals surface area contributed by atoms with Gasteiger partial charge in [-0.1, -0.05) is 52.0 Å². The van der Waals surface area contributed by atoms with Gasteiger partial charge in [-0.15, -0.1) is 0 Å². The smallest absolute Gasteiger partial charge is 0.181 e. The minimum Gasteiger partial charge on any atom is -0.550 e. The van der Waals surface area contributed by atoms with Crippen LogP contribution in [0.1, 0.15) is 71.4 Å². The standard InChI is InChI=1S/C16H28N.C2H4O2/c1-3-5-6-7-8-9-11-14-17-15-12-10-13-16(17)4-2;1-2(3)4/h10,12-13,15H,3-9,11,14H2,1-2H3;1H3,(H,3,4)/q+1;/p-1. The van der Waals surface area contributed by atoms with Crippen LogP contribution in [0, 0.1) is 0 Å². The first-order chi connectivity index (χ1) is 10.1. The highest BCUT2D eigenvalue weighted by Gasteiger charge is 2.05. The van der Waals surface area contributed by atoms with Crippen molar-refractivity contribution in [1.29, 1.82) is 0 Å². The molecule has 3 nitrogen and oxygen atoms in total. The van der Waals surface area contributed by atoms with Gasteiger partial charge in [0.15, 0.2) is 11.9 Å². The van der Waals surface area contributed by atoms with Crippen LogP contribution in [-0.2, 0) is 17.8 Å². The molecule has 1 rings (SSSR count). The highest BCUT2D eigenvalue weighted by molar-refractivity contribution is 5.60. The molecule has 0 N–H and O–H groups in total. The lowest BCUT2D eigenvalue weighted by Crippen LogP contribution is -2.37. The Morgan fingerprint density at radius 3 is 2.19 bits per heavy atom. The third kappa shape index (κ3) is 12.1. The molecule has 0 unspecified atom stereocenters. The lowest BCUT2D eigenvalue weighted by molar-refractivity contribution is -0.704. The fourth-order valence-corrected chi connectivity index (χ4v) is 2.29. The molecule has 1 aromatic heterocycles. The molecule has 1 aromatic rings. The van der Waals surface area contributed by atoms with Crippen molar-refractivity contribution in [3.63, 3.8) is 0 Å². The highest BCUT2D eigenvalue weighted by Crippen LogP contribution is 2.06. The van der Waals surface area contributed by atoms with Crippen LogP contribution in [0.15, 0.2) is 24.4 Å². The third-order valence-corrected chi connectivity index (χ3v) is 3.40. The highest BCUT2D eigenvalue weighted by atomic mass is 16.4. The number of carboxylic acids is 1. The lowest BCUT2D eigenvalue weighted by atomic mass is 10.1. The van der Waals surface area contributed by atoms with E-state index in [2.05, 4.69) is 42.8 Å². The molecule has 0 bridgehead atoms. The monoisotopic (exact) mass is 293 g/mol. The SMILES string of the molecule is CC(=O)[O-].CCCCCCCCC[n+]1ccccc1CC. The zero-order valence-electron chi connectivity index (χ0n) is 13.9. The number of carbonyl (C=O) groups excluding carboxylic acids is 1. The number of aryl methyl sites for hydroxylation is 2. The molecule has 1 heterocycles. The summed E-state index contributed by atoms with van der Waals surface area (Å²) in [5.41, 5.74) is 1.46. The summed E-state index contributed by atoms with van der Waals surface area (Å²) in [7, 11) is 0. The largest absolute Gasteiger partial charge is 0.550 e. The Morgan fingerprint density at radius 2 is 1.62 bits per heavy atom. The van der Waals surface area contributed by atoms with Crippen LogP contribution in [-0.4, -0.2) is 5.97 Å². The second-order valence-electron chi connectivity index (χ2n) is 5.35. The van der Waals surface area contributed by atoms with E-state index in [1.54, 1.807) is 0 Å². The van der Waals surface area contributed by atoms with Gasteiger partial charge in [-0.25, -0.2) is 4.57 Å². The van der Waals surface area contributed by atoms with E-state index in [1.807, 2.05) is 0 Å². The molecule has 0 atom stereocenters. The Bertz CT molecular complexity index is 373. The fraction of sp³-hybridized carbons (Fsp3) is 0.667. The second kappa shape index (κ2) is 13.6. The maximum absolute atomic E-state index is 8.89. The van der Waals surface area contributed by atoms with Crippen LogP contribution in [0.2, 0.25) is 0 Å². The van der Waals surface area contributed by atoms with E-state index in [0.29, 0.717) is 0 Å². The van der Waals surface area contributed by atoms with Gasteiger partial charge in [0.1, 0.15) is 6.54 Å². The van der Waals surface area contributed by atoms with Gasteiger partial charge >= 0.3 is 0 Å². The lowest BCUT2D eigenvalue weighted by Gasteiger charge is -2.02. The normalized spacial score (nSPS) is 9.86. The van der Waals surface area contributed by atoms with Crippen molar-refractivity contribution in [2.24, 2.45) is 0 Å². The molecule has 0 spiro atoms. The van der Waals surface area contributed by atoms with Crippen LogP contribution < -0.4 is 9.67 Å². The van der Waals surface area contributed by atoms with Gasteiger partial charge in [0.25, 0.3) is 0 Å². The topological polar surface area (TPSA) is 44.0 Å². The number of hydrogen-bond donors (Lipinski definition) is 0. The van der Waals surface area contributed by atoms with Gasteiger partial charge in [-0.05, 0) is 13.3 Å². The minimum atomic E-state index is -1.08. The van der Waals surface area contributed by atoms with Crippen molar-refractivity contribution in [2.45, 2.75) is 78.7 Å². The molecule has 0 aliphatic rings. The maximum atomic E-state index is 8.89. The number of pyridine rings is 1. The van der Waals surface area contributed by atoms with Gasteiger partial charge in [0.2, 0.25) is 0 Å². The molecule has 21 heavy (non-hydrogen) atoms. The minimum absolute atomic E-state index is 0.972. The summed E-state index contributed by atoms with van der Waals surface area (Å²) < 4.78 is 2.41. The summed E-state index contributed by atoms with van der Waals surface area (Å²) in [6.45, 7) is 6.67. The van der Waals surface area contributed by atoms with Crippen molar-refractivity contribution in [1.82, 2.24) is 0 Å². The Labute approximate surface area is 130 Å². The predicted octanol–water partition coefficient (Wildman–Crippen LogP) is 3.04. The summed E-state index contributed by atoms with van der Waals surface area (Å²) in [4.78, 5) is 8.89. The van der Waals surface area contributed by atoms with Crippen molar-refractivity contribution in [3.05, 3.63) is 30.1 Å². The first-order valence-electron chi connectivity index (χ1n) is 8.26. The number of aromatic nitrogens is 1. The molecular formula is C18H31NO2. The van der Waals surface area contributed by atoms with Crippen LogP contribution in [0.5, 0.6) is 0 Å². The number of carbonyl (C=O) groups is 1. The average molecular weight is 293 g/mol. The number of rotatable bonds is 9. The van der Waals surface area contributed by atoms with E-state index in [-0.39, 0.29) is 0 Å². The zero-order chi connectivity index (χ0) is 15.9. The van der Waals surface area contributed by atoms with E-state index < -0.39 is 5.97 Å². The van der Waals surface area contributed by atoms with Crippen LogP contribution in [0.3, 0.4) is 0 Å².